The molecule has 1 aliphatic rings. The lowest BCUT2D eigenvalue weighted by atomic mass is 10.3. The first kappa shape index (κ1) is 15.7. The van der Waals surface area contributed by atoms with Gasteiger partial charge in [0.2, 0.25) is 0 Å². The molecule has 1 N–H and O–H groups in total. The molecule has 1 aromatic rings. The van der Waals surface area contributed by atoms with Crippen molar-refractivity contribution in [2.45, 2.75) is 19.9 Å². The van der Waals surface area contributed by atoms with Crippen molar-refractivity contribution in [3.63, 3.8) is 0 Å². The molecule has 0 aliphatic carbocycles. The predicted molar refractivity (Wildman–Crippen MR) is 75.3 cm³/mol. The van der Waals surface area contributed by atoms with Crippen LogP contribution in [0.3, 0.4) is 0 Å². The van der Waals surface area contributed by atoms with Crippen LogP contribution in [0.25, 0.3) is 0 Å². The Morgan fingerprint density at radius 2 is 2.19 bits per heavy atom. The van der Waals surface area contributed by atoms with E-state index in [1.807, 2.05) is 17.9 Å². The minimum absolute atomic E-state index is 0.457. The third kappa shape index (κ3) is 4.96. The first-order valence-corrected chi connectivity index (χ1v) is 7.12. The first-order chi connectivity index (χ1) is 10.2. The SMILES string of the molecule is CCNC(=NCC(F)F)N1CCN(Cc2ccon2)CC1. The number of hydrogen-bond donors (Lipinski definition) is 1. The van der Waals surface area contributed by atoms with Gasteiger partial charge in [0.05, 0.1) is 5.69 Å². The van der Waals surface area contributed by atoms with E-state index < -0.39 is 13.0 Å². The van der Waals surface area contributed by atoms with E-state index in [1.165, 1.54) is 0 Å². The van der Waals surface area contributed by atoms with Crippen LogP contribution in [0.4, 0.5) is 8.78 Å². The van der Waals surface area contributed by atoms with Crippen molar-refractivity contribution in [3.8, 4) is 0 Å². The Morgan fingerprint density at radius 1 is 1.43 bits per heavy atom. The number of nitrogens with zero attached hydrogens (tertiary/aromatic N) is 4. The van der Waals surface area contributed by atoms with Crippen molar-refractivity contribution >= 4 is 5.96 Å². The van der Waals surface area contributed by atoms with Gasteiger partial charge in [-0.3, -0.25) is 4.90 Å². The van der Waals surface area contributed by atoms with Gasteiger partial charge in [0, 0.05) is 45.3 Å². The van der Waals surface area contributed by atoms with E-state index in [1.54, 1.807) is 6.26 Å². The van der Waals surface area contributed by atoms with E-state index in [-0.39, 0.29) is 0 Å². The van der Waals surface area contributed by atoms with Crippen LogP contribution >= 0.6 is 0 Å². The number of aliphatic imine (C=N–C) groups is 1. The monoisotopic (exact) mass is 301 g/mol. The number of hydrogen-bond acceptors (Lipinski definition) is 4. The highest BCUT2D eigenvalue weighted by Crippen LogP contribution is 2.07. The molecule has 1 saturated heterocycles. The molecular weight excluding hydrogens is 280 g/mol. The smallest absolute Gasteiger partial charge is 0.257 e. The van der Waals surface area contributed by atoms with Gasteiger partial charge < -0.3 is 14.7 Å². The molecule has 1 aromatic heterocycles. The first-order valence-electron chi connectivity index (χ1n) is 7.12. The maximum atomic E-state index is 12.3. The highest BCUT2D eigenvalue weighted by molar-refractivity contribution is 5.80. The van der Waals surface area contributed by atoms with E-state index in [2.05, 4.69) is 20.4 Å². The molecule has 1 fully saturated rings. The molecule has 0 spiro atoms. The van der Waals surface area contributed by atoms with Crippen LogP contribution in [0.15, 0.2) is 21.8 Å². The molecule has 0 atom stereocenters. The summed E-state index contributed by atoms with van der Waals surface area (Å²) in [4.78, 5) is 8.25. The van der Waals surface area contributed by atoms with Crippen LogP contribution in [-0.4, -0.2) is 66.6 Å². The molecule has 0 aromatic carbocycles. The molecule has 21 heavy (non-hydrogen) atoms. The second kappa shape index (κ2) is 7.92. The van der Waals surface area contributed by atoms with Crippen molar-refractivity contribution in [2.24, 2.45) is 4.99 Å². The zero-order valence-electron chi connectivity index (χ0n) is 12.1. The van der Waals surface area contributed by atoms with Crippen molar-refractivity contribution in [2.75, 3.05) is 39.3 Å². The van der Waals surface area contributed by atoms with E-state index >= 15 is 0 Å². The van der Waals surface area contributed by atoms with Crippen molar-refractivity contribution in [3.05, 3.63) is 18.0 Å². The summed E-state index contributed by atoms with van der Waals surface area (Å²) < 4.78 is 29.4. The van der Waals surface area contributed by atoms with Crippen LogP contribution in [0, 0.1) is 0 Å². The van der Waals surface area contributed by atoms with E-state index in [9.17, 15) is 8.78 Å². The summed E-state index contributed by atoms with van der Waals surface area (Å²) in [5.74, 6) is 0.568. The minimum Gasteiger partial charge on any atom is -0.364 e. The van der Waals surface area contributed by atoms with Gasteiger partial charge in [0.15, 0.2) is 5.96 Å². The van der Waals surface area contributed by atoms with Crippen LogP contribution in [0.5, 0.6) is 0 Å². The van der Waals surface area contributed by atoms with Crippen LogP contribution < -0.4 is 5.32 Å². The van der Waals surface area contributed by atoms with Crippen LogP contribution in [-0.2, 0) is 6.54 Å². The fourth-order valence-corrected chi connectivity index (χ4v) is 2.25. The van der Waals surface area contributed by atoms with E-state index in [0.717, 1.165) is 38.4 Å². The van der Waals surface area contributed by atoms with Gasteiger partial charge in [-0.05, 0) is 6.92 Å². The Bertz CT molecular complexity index is 430. The summed E-state index contributed by atoms with van der Waals surface area (Å²) in [5, 5.41) is 6.96. The molecule has 8 heteroatoms. The quantitative estimate of drug-likeness (QED) is 0.650. The largest absolute Gasteiger partial charge is 0.364 e. The molecule has 0 bridgehead atoms. The van der Waals surface area contributed by atoms with Crippen LogP contribution in [0.2, 0.25) is 0 Å². The molecule has 2 heterocycles. The fraction of sp³-hybridized carbons (Fsp3) is 0.692. The standard InChI is InChI=1S/C13H21F2N5O/c1-2-16-13(17-9-12(14)15)20-6-4-19(5-7-20)10-11-3-8-21-18-11/h3,8,12H,2,4-7,9-10H2,1H3,(H,16,17). The second-order valence-electron chi connectivity index (χ2n) is 4.84. The lowest BCUT2D eigenvalue weighted by Gasteiger charge is -2.36. The van der Waals surface area contributed by atoms with Gasteiger partial charge in [-0.25, -0.2) is 13.8 Å². The maximum absolute atomic E-state index is 12.3. The Labute approximate surface area is 122 Å². The summed E-state index contributed by atoms with van der Waals surface area (Å²) in [7, 11) is 0. The molecule has 2 rings (SSSR count). The highest BCUT2D eigenvalue weighted by atomic mass is 19.3. The minimum atomic E-state index is -2.41. The van der Waals surface area contributed by atoms with Gasteiger partial charge in [-0.15, -0.1) is 0 Å². The number of aromatic nitrogens is 1. The Morgan fingerprint density at radius 3 is 2.76 bits per heavy atom. The fourth-order valence-electron chi connectivity index (χ4n) is 2.25. The average Bonchev–Trinajstić information content (AvgIpc) is 2.97. The number of halogens is 2. The Kier molecular flexibility index (Phi) is 5.91. The van der Waals surface area contributed by atoms with Gasteiger partial charge in [-0.1, -0.05) is 5.16 Å². The summed E-state index contributed by atoms with van der Waals surface area (Å²) in [6.07, 6.45) is -0.849. The molecule has 1 aliphatic heterocycles. The Balaban J connectivity index is 1.84. The van der Waals surface area contributed by atoms with Crippen molar-refractivity contribution in [1.29, 1.82) is 0 Å². The third-order valence-electron chi connectivity index (χ3n) is 3.26. The molecule has 0 amide bonds. The average molecular weight is 301 g/mol. The topological polar surface area (TPSA) is 56.9 Å². The molecule has 0 saturated carbocycles. The summed E-state index contributed by atoms with van der Waals surface area (Å²) in [6.45, 7) is 6.08. The maximum Gasteiger partial charge on any atom is 0.257 e. The number of guanidine groups is 1. The highest BCUT2D eigenvalue weighted by Gasteiger charge is 2.20. The molecule has 118 valence electrons. The molecular formula is C13H21F2N5O. The number of piperazine rings is 1. The van der Waals surface area contributed by atoms with Crippen LogP contribution in [0.1, 0.15) is 12.6 Å². The summed E-state index contributed by atoms with van der Waals surface area (Å²) in [5.41, 5.74) is 0.904. The van der Waals surface area contributed by atoms with Gasteiger partial charge in [-0.2, -0.15) is 0 Å². The number of rotatable bonds is 5. The van der Waals surface area contributed by atoms with Gasteiger partial charge in [0.25, 0.3) is 6.43 Å². The van der Waals surface area contributed by atoms with E-state index in [4.69, 9.17) is 4.52 Å². The number of alkyl halides is 2. The van der Waals surface area contributed by atoms with Gasteiger partial charge >= 0.3 is 0 Å². The Hall–Kier alpha value is -1.70. The summed E-state index contributed by atoms with van der Waals surface area (Å²) in [6, 6.07) is 1.85. The lowest BCUT2D eigenvalue weighted by molar-refractivity contribution is 0.154. The summed E-state index contributed by atoms with van der Waals surface area (Å²) >= 11 is 0. The van der Waals surface area contributed by atoms with E-state index in [0.29, 0.717) is 12.5 Å². The predicted octanol–water partition coefficient (Wildman–Crippen LogP) is 1.02. The normalized spacial score (nSPS) is 17.5. The zero-order valence-corrected chi connectivity index (χ0v) is 12.1. The third-order valence-corrected chi connectivity index (χ3v) is 3.26. The second-order valence-corrected chi connectivity index (χ2v) is 4.84. The molecule has 0 radical (unpaired) electrons. The molecule has 6 nitrogen and oxygen atoms in total. The van der Waals surface area contributed by atoms with Crippen molar-refractivity contribution in [1.82, 2.24) is 20.3 Å². The number of nitrogens with one attached hydrogen (secondary N) is 1. The van der Waals surface area contributed by atoms with Gasteiger partial charge in [0.1, 0.15) is 12.8 Å². The van der Waals surface area contributed by atoms with Crippen molar-refractivity contribution < 1.29 is 13.3 Å². The zero-order chi connectivity index (χ0) is 15.1. The molecule has 0 unspecified atom stereocenters. The lowest BCUT2D eigenvalue weighted by Crippen LogP contribution is -2.52.